The number of hydrogen-bond acceptors (Lipinski definition) is 4. The Bertz CT molecular complexity index is 437. The summed E-state index contributed by atoms with van der Waals surface area (Å²) in [6, 6.07) is 1.93. The molecule has 0 aromatic carbocycles. The average Bonchev–Trinajstić information content (AvgIpc) is 2.62. The summed E-state index contributed by atoms with van der Waals surface area (Å²) in [6.07, 6.45) is -4.54. The number of aryl methyl sites for hydroxylation is 2. The fraction of sp³-hybridized carbons (Fsp3) is 0.545. The molecule has 0 amide bonds. The lowest BCUT2D eigenvalue weighted by Crippen LogP contribution is -2.42. The molecule has 1 rings (SSSR count). The largest absolute Gasteiger partial charge is 0.409 e. The smallest absolute Gasteiger partial charge is 0.400 e. The molecule has 0 spiro atoms. The normalized spacial score (nSPS) is 14.7. The number of amidine groups is 1. The Labute approximate surface area is 113 Å². The molecule has 0 aliphatic heterocycles. The van der Waals surface area contributed by atoms with Crippen LogP contribution >= 0.6 is 11.3 Å². The van der Waals surface area contributed by atoms with Gasteiger partial charge in [0.1, 0.15) is 5.92 Å². The lowest BCUT2D eigenvalue weighted by Gasteiger charge is -2.19. The molecular formula is C11H16F3N3OS. The number of halogens is 3. The van der Waals surface area contributed by atoms with Crippen LogP contribution in [0, 0.1) is 19.8 Å². The molecule has 0 fully saturated rings. The lowest BCUT2D eigenvalue weighted by atomic mass is 10.1. The molecule has 0 aliphatic rings. The van der Waals surface area contributed by atoms with E-state index >= 15 is 0 Å². The van der Waals surface area contributed by atoms with Crippen LogP contribution in [-0.4, -0.2) is 23.8 Å². The van der Waals surface area contributed by atoms with E-state index in [0.29, 0.717) is 6.54 Å². The maximum absolute atomic E-state index is 12.6. The standard InChI is InChI=1S/C11H16F3N3OS/c1-6-3-8(19-7(6)2)4-16-5-9(10(15)17-18)11(12,13)14/h3,9,16,18H,4-5H2,1-2H3,(H2,15,17). The maximum Gasteiger partial charge on any atom is 0.400 e. The molecule has 4 N–H and O–H groups in total. The number of nitrogens with zero attached hydrogens (tertiary/aromatic N) is 1. The summed E-state index contributed by atoms with van der Waals surface area (Å²) in [7, 11) is 0. The molecule has 1 atom stereocenters. The van der Waals surface area contributed by atoms with Crippen molar-refractivity contribution in [2.75, 3.05) is 6.54 Å². The molecule has 0 bridgehead atoms. The van der Waals surface area contributed by atoms with Gasteiger partial charge in [0, 0.05) is 22.8 Å². The van der Waals surface area contributed by atoms with Gasteiger partial charge in [-0.2, -0.15) is 13.2 Å². The number of nitrogens with one attached hydrogen (secondary N) is 1. The van der Waals surface area contributed by atoms with Crippen LogP contribution in [0.3, 0.4) is 0 Å². The van der Waals surface area contributed by atoms with Crippen molar-refractivity contribution in [2.45, 2.75) is 26.6 Å². The van der Waals surface area contributed by atoms with Gasteiger partial charge in [0.25, 0.3) is 0 Å². The number of thiophene rings is 1. The highest BCUT2D eigenvalue weighted by molar-refractivity contribution is 7.12. The number of rotatable bonds is 5. The second-order valence-corrected chi connectivity index (χ2v) is 5.54. The third-order valence-corrected chi connectivity index (χ3v) is 3.88. The van der Waals surface area contributed by atoms with Crippen molar-refractivity contribution in [2.24, 2.45) is 16.8 Å². The van der Waals surface area contributed by atoms with Gasteiger partial charge in [0.05, 0.1) is 0 Å². The van der Waals surface area contributed by atoms with Crippen LogP contribution in [-0.2, 0) is 6.54 Å². The van der Waals surface area contributed by atoms with E-state index in [1.807, 2.05) is 19.9 Å². The summed E-state index contributed by atoms with van der Waals surface area (Å²) in [5.41, 5.74) is 6.17. The summed E-state index contributed by atoms with van der Waals surface area (Å²) >= 11 is 1.53. The zero-order valence-electron chi connectivity index (χ0n) is 10.6. The van der Waals surface area contributed by atoms with Crippen molar-refractivity contribution in [3.05, 3.63) is 21.4 Å². The van der Waals surface area contributed by atoms with Gasteiger partial charge in [-0.15, -0.1) is 11.3 Å². The Morgan fingerprint density at radius 3 is 2.58 bits per heavy atom. The van der Waals surface area contributed by atoms with Crippen molar-refractivity contribution in [1.82, 2.24) is 5.32 Å². The molecular weight excluding hydrogens is 279 g/mol. The number of oxime groups is 1. The monoisotopic (exact) mass is 295 g/mol. The van der Waals surface area contributed by atoms with Crippen LogP contribution in [0.4, 0.5) is 13.2 Å². The van der Waals surface area contributed by atoms with E-state index in [-0.39, 0.29) is 0 Å². The van der Waals surface area contributed by atoms with E-state index < -0.39 is 24.5 Å². The van der Waals surface area contributed by atoms with E-state index in [1.165, 1.54) is 11.3 Å². The number of alkyl halides is 3. The Balaban J connectivity index is 2.58. The molecule has 8 heteroatoms. The van der Waals surface area contributed by atoms with Gasteiger partial charge < -0.3 is 16.3 Å². The minimum absolute atomic E-state index is 0.324. The second kappa shape index (κ2) is 6.25. The topological polar surface area (TPSA) is 70.6 Å². The highest BCUT2D eigenvalue weighted by Gasteiger charge is 2.42. The first-order valence-corrected chi connectivity index (χ1v) is 6.38. The highest BCUT2D eigenvalue weighted by atomic mass is 32.1. The summed E-state index contributed by atoms with van der Waals surface area (Å²) in [5.74, 6) is -2.82. The van der Waals surface area contributed by atoms with Crippen LogP contribution < -0.4 is 11.1 Å². The first kappa shape index (κ1) is 15.8. The SMILES string of the molecule is Cc1cc(CNCC(/C(N)=N/O)C(F)(F)F)sc1C. The quantitative estimate of drug-likeness (QED) is 0.338. The molecule has 0 aliphatic carbocycles. The molecule has 0 radical (unpaired) electrons. The lowest BCUT2D eigenvalue weighted by molar-refractivity contribution is -0.154. The number of hydrogen-bond donors (Lipinski definition) is 3. The van der Waals surface area contributed by atoms with Crippen molar-refractivity contribution < 1.29 is 18.4 Å². The molecule has 4 nitrogen and oxygen atoms in total. The van der Waals surface area contributed by atoms with E-state index in [9.17, 15) is 13.2 Å². The van der Waals surface area contributed by atoms with Gasteiger partial charge in [-0.25, -0.2) is 0 Å². The minimum atomic E-state index is -4.54. The van der Waals surface area contributed by atoms with E-state index in [1.54, 1.807) is 0 Å². The van der Waals surface area contributed by atoms with Gasteiger partial charge in [-0.05, 0) is 25.5 Å². The summed E-state index contributed by atoms with van der Waals surface area (Å²) in [6.45, 7) is 3.81. The van der Waals surface area contributed by atoms with Crippen LogP contribution in [0.15, 0.2) is 11.2 Å². The highest BCUT2D eigenvalue weighted by Crippen LogP contribution is 2.26. The Hall–Kier alpha value is -1.28. The van der Waals surface area contributed by atoms with Crippen molar-refractivity contribution in [1.29, 1.82) is 0 Å². The molecule has 1 aromatic heterocycles. The Morgan fingerprint density at radius 2 is 2.16 bits per heavy atom. The van der Waals surface area contributed by atoms with E-state index in [4.69, 9.17) is 10.9 Å². The van der Waals surface area contributed by atoms with Crippen molar-refractivity contribution in [3.63, 3.8) is 0 Å². The van der Waals surface area contributed by atoms with Gasteiger partial charge >= 0.3 is 6.18 Å². The van der Waals surface area contributed by atoms with Gasteiger partial charge in [0.2, 0.25) is 0 Å². The molecule has 0 saturated carbocycles. The minimum Gasteiger partial charge on any atom is -0.409 e. The maximum atomic E-state index is 12.6. The number of nitrogens with two attached hydrogens (primary N) is 1. The fourth-order valence-electron chi connectivity index (χ4n) is 1.53. The molecule has 1 aromatic rings. The average molecular weight is 295 g/mol. The Kier molecular flexibility index (Phi) is 5.19. The first-order valence-electron chi connectivity index (χ1n) is 5.56. The van der Waals surface area contributed by atoms with Crippen LogP contribution in [0.2, 0.25) is 0 Å². The molecule has 1 heterocycles. The predicted molar refractivity (Wildman–Crippen MR) is 68.5 cm³/mol. The zero-order valence-corrected chi connectivity index (χ0v) is 11.4. The van der Waals surface area contributed by atoms with Crippen LogP contribution in [0.5, 0.6) is 0 Å². The first-order chi connectivity index (χ1) is 8.75. The molecule has 0 saturated heterocycles. The van der Waals surface area contributed by atoms with Gasteiger partial charge in [-0.3, -0.25) is 0 Å². The van der Waals surface area contributed by atoms with Crippen LogP contribution in [0.25, 0.3) is 0 Å². The zero-order chi connectivity index (χ0) is 14.6. The van der Waals surface area contributed by atoms with Crippen LogP contribution in [0.1, 0.15) is 15.3 Å². The van der Waals surface area contributed by atoms with E-state index in [2.05, 4.69) is 10.5 Å². The third-order valence-electron chi connectivity index (χ3n) is 2.73. The van der Waals surface area contributed by atoms with E-state index in [0.717, 1.165) is 15.3 Å². The Morgan fingerprint density at radius 1 is 1.53 bits per heavy atom. The van der Waals surface area contributed by atoms with Gasteiger partial charge in [0.15, 0.2) is 5.84 Å². The van der Waals surface area contributed by atoms with Gasteiger partial charge in [-0.1, -0.05) is 5.16 Å². The third kappa shape index (κ3) is 4.39. The fourth-order valence-corrected chi connectivity index (χ4v) is 2.56. The molecule has 19 heavy (non-hydrogen) atoms. The second-order valence-electron chi connectivity index (χ2n) is 4.20. The summed E-state index contributed by atoms with van der Waals surface area (Å²) in [4.78, 5) is 2.09. The predicted octanol–water partition coefficient (Wildman–Crippen LogP) is 2.38. The van der Waals surface area contributed by atoms with Crippen molar-refractivity contribution >= 4 is 17.2 Å². The van der Waals surface area contributed by atoms with Crippen molar-refractivity contribution in [3.8, 4) is 0 Å². The molecule has 108 valence electrons. The summed E-state index contributed by atoms with van der Waals surface area (Å²) < 4.78 is 37.9. The summed E-state index contributed by atoms with van der Waals surface area (Å²) in [5, 5.41) is 13.5. The molecule has 1 unspecified atom stereocenters.